The Balaban J connectivity index is 1.35. The number of carbonyl (C=O) groups excluding carboxylic acids is 1. The van der Waals surface area contributed by atoms with Gasteiger partial charge in [-0.3, -0.25) is 14.2 Å². The van der Waals surface area contributed by atoms with Gasteiger partial charge in [-0.2, -0.15) is 0 Å². The van der Waals surface area contributed by atoms with E-state index in [0.717, 1.165) is 5.69 Å². The quantitative estimate of drug-likeness (QED) is 0.464. The number of benzene rings is 2. The number of carbonyl (C=O) groups is 1. The van der Waals surface area contributed by atoms with E-state index < -0.39 is 11.4 Å². The predicted octanol–water partition coefficient (Wildman–Crippen LogP) is 3.24. The van der Waals surface area contributed by atoms with Crippen LogP contribution in [0.2, 0.25) is 0 Å². The van der Waals surface area contributed by atoms with Crippen LogP contribution in [0.5, 0.6) is 0 Å². The Morgan fingerprint density at radius 1 is 1.18 bits per heavy atom. The molecule has 1 aliphatic heterocycles. The van der Waals surface area contributed by atoms with Crippen molar-refractivity contribution >= 4 is 22.7 Å². The van der Waals surface area contributed by atoms with Crippen molar-refractivity contribution in [1.29, 1.82) is 0 Å². The molecule has 0 aliphatic carbocycles. The molecule has 1 aliphatic rings. The average molecular weight is 461 g/mol. The summed E-state index contributed by atoms with van der Waals surface area (Å²) < 4.78 is 19.8. The van der Waals surface area contributed by atoms with Gasteiger partial charge < -0.3 is 14.3 Å². The summed E-state index contributed by atoms with van der Waals surface area (Å²) in [7, 11) is 0. The maximum atomic E-state index is 13.3. The molecule has 0 spiro atoms. The van der Waals surface area contributed by atoms with Crippen LogP contribution in [0.1, 0.15) is 12.5 Å². The largest absolute Gasteiger partial charge is 0.365 e. The summed E-state index contributed by atoms with van der Waals surface area (Å²) in [6.45, 7) is 5.86. The van der Waals surface area contributed by atoms with Gasteiger partial charge in [0.2, 0.25) is 5.91 Å². The molecule has 0 radical (unpaired) electrons. The zero-order valence-corrected chi connectivity index (χ0v) is 18.9. The molecule has 0 saturated carbocycles. The van der Waals surface area contributed by atoms with E-state index in [1.165, 1.54) is 40.7 Å². The molecule has 2 aromatic carbocycles. The van der Waals surface area contributed by atoms with Crippen LogP contribution in [-0.4, -0.2) is 51.2 Å². The lowest BCUT2D eigenvalue weighted by Gasteiger charge is -2.41. The number of anilines is 1. The van der Waals surface area contributed by atoms with Gasteiger partial charge in [0.25, 0.3) is 11.3 Å². The molecule has 8 nitrogen and oxygen atoms in total. The van der Waals surface area contributed by atoms with E-state index in [1.54, 1.807) is 4.90 Å². The molecule has 1 saturated heterocycles. The number of fused-ring (bicyclic) bond motifs is 1. The molecule has 34 heavy (non-hydrogen) atoms. The molecular formula is C25H24FN5O3. The number of hydrogen-bond acceptors (Lipinski definition) is 6. The molecular weight excluding hydrogens is 437 g/mol. The molecule has 1 atom stereocenters. The second kappa shape index (κ2) is 8.74. The molecule has 1 amide bonds. The molecule has 1 fully saturated rings. The summed E-state index contributed by atoms with van der Waals surface area (Å²) in [6.07, 6.45) is 1.30. The summed E-state index contributed by atoms with van der Waals surface area (Å²) in [5.41, 5.74) is 2.79. The van der Waals surface area contributed by atoms with Crippen molar-refractivity contribution in [3.63, 3.8) is 0 Å². The molecule has 9 heteroatoms. The number of aromatic nitrogens is 3. The number of amides is 1. The first-order valence-corrected chi connectivity index (χ1v) is 11.1. The zero-order valence-electron chi connectivity index (χ0n) is 18.9. The molecule has 174 valence electrons. The number of hydrogen-bond donors (Lipinski definition) is 0. The highest BCUT2D eigenvalue weighted by atomic mass is 19.1. The van der Waals surface area contributed by atoms with E-state index in [4.69, 9.17) is 4.52 Å². The zero-order chi connectivity index (χ0) is 23.8. The van der Waals surface area contributed by atoms with Gasteiger partial charge in [0, 0.05) is 36.9 Å². The molecule has 2 aromatic heterocycles. The van der Waals surface area contributed by atoms with Crippen LogP contribution in [0, 0.1) is 12.7 Å². The summed E-state index contributed by atoms with van der Waals surface area (Å²) in [6, 6.07) is 14.1. The van der Waals surface area contributed by atoms with Gasteiger partial charge in [-0.15, -0.1) is 0 Å². The van der Waals surface area contributed by atoms with E-state index in [-0.39, 0.29) is 35.3 Å². The van der Waals surface area contributed by atoms with Gasteiger partial charge in [0.15, 0.2) is 0 Å². The SMILES string of the molecule is Cc1cccc(N2CCN(C(=O)Cn3cnc4onc(-c5ccc(F)cc5)c4c3=O)C[C@@H]2C)c1. The Bertz CT molecular complexity index is 1410. The highest BCUT2D eigenvalue weighted by Crippen LogP contribution is 2.25. The first-order valence-electron chi connectivity index (χ1n) is 11.1. The normalized spacial score (nSPS) is 16.3. The lowest BCUT2D eigenvalue weighted by atomic mass is 10.1. The van der Waals surface area contributed by atoms with Gasteiger partial charge >= 0.3 is 0 Å². The molecule has 0 unspecified atom stereocenters. The summed E-state index contributed by atoms with van der Waals surface area (Å²) in [5, 5.41) is 4.11. The first kappa shape index (κ1) is 21.8. The second-order valence-corrected chi connectivity index (χ2v) is 8.62. The van der Waals surface area contributed by atoms with Crippen LogP contribution in [0.15, 0.2) is 64.2 Å². The predicted molar refractivity (Wildman–Crippen MR) is 126 cm³/mol. The molecule has 4 aromatic rings. The number of halogens is 1. The average Bonchev–Trinajstić information content (AvgIpc) is 3.26. The minimum atomic E-state index is -0.426. The van der Waals surface area contributed by atoms with Crippen molar-refractivity contribution in [3.8, 4) is 11.3 Å². The van der Waals surface area contributed by atoms with Crippen molar-refractivity contribution in [2.24, 2.45) is 0 Å². The minimum Gasteiger partial charge on any atom is -0.365 e. The number of piperazine rings is 1. The maximum absolute atomic E-state index is 13.3. The fraction of sp³-hybridized carbons (Fsp3) is 0.280. The van der Waals surface area contributed by atoms with Gasteiger partial charge in [0.05, 0.1) is 0 Å². The van der Waals surface area contributed by atoms with E-state index in [1.807, 2.05) is 6.07 Å². The third-order valence-electron chi connectivity index (χ3n) is 6.20. The minimum absolute atomic E-state index is 0.0772. The third kappa shape index (κ3) is 4.05. The Labute approximate surface area is 195 Å². The van der Waals surface area contributed by atoms with E-state index >= 15 is 0 Å². The fourth-order valence-corrected chi connectivity index (χ4v) is 4.42. The van der Waals surface area contributed by atoms with E-state index in [0.29, 0.717) is 25.2 Å². The standard InChI is InChI=1S/C25H24FN5O3/c1-16-4-3-5-20(12-16)31-11-10-29(13-17(31)2)21(32)14-30-15-27-24-22(25(30)33)23(28-34-24)18-6-8-19(26)9-7-18/h3-9,12,15,17H,10-11,13-14H2,1-2H3/t17-/m0/s1. The van der Waals surface area contributed by atoms with Gasteiger partial charge in [-0.25, -0.2) is 9.37 Å². The molecule has 0 bridgehead atoms. The summed E-state index contributed by atoms with van der Waals surface area (Å²) >= 11 is 0. The fourth-order valence-electron chi connectivity index (χ4n) is 4.42. The Morgan fingerprint density at radius 3 is 2.71 bits per heavy atom. The van der Waals surface area contributed by atoms with Crippen molar-refractivity contribution in [2.45, 2.75) is 26.4 Å². The highest BCUT2D eigenvalue weighted by Gasteiger charge is 2.27. The Morgan fingerprint density at radius 2 is 1.97 bits per heavy atom. The van der Waals surface area contributed by atoms with Crippen LogP contribution in [0.4, 0.5) is 10.1 Å². The monoisotopic (exact) mass is 461 g/mol. The lowest BCUT2D eigenvalue weighted by Crippen LogP contribution is -2.54. The summed E-state index contributed by atoms with van der Waals surface area (Å²) in [5.74, 6) is -0.548. The van der Waals surface area contributed by atoms with Crippen molar-refractivity contribution in [2.75, 3.05) is 24.5 Å². The number of rotatable bonds is 4. The van der Waals surface area contributed by atoms with E-state index in [2.05, 4.69) is 47.1 Å². The Kier molecular flexibility index (Phi) is 5.61. The second-order valence-electron chi connectivity index (χ2n) is 8.62. The lowest BCUT2D eigenvalue weighted by molar-refractivity contribution is -0.132. The van der Waals surface area contributed by atoms with Crippen LogP contribution in [0.3, 0.4) is 0 Å². The van der Waals surface area contributed by atoms with Crippen molar-refractivity contribution < 1.29 is 13.7 Å². The van der Waals surface area contributed by atoms with E-state index in [9.17, 15) is 14.0 Å². The number of aryl methyl sites for hydroxylation is 1. The number of nitrogens with zero attached hydrogens (tertiary/aromatic N) is 5. The van der Waals surface area contributed by atoms with Gasteiger partial charge in [-0.1, -0.05) is 17.3 Å². The summed E-state index contributed by atoms with van der Waals surface area (Å²) in [4.78, 5) is 34.5. The smallest absolute Gasteiger partial charge is 0.267 e. The molecule has 3 heterocycles. The van der Waals surface area contributed by atoms with Crippen LogP contribution in [-0.2, 0) is 11.3 Å². The van der Waals surface area contributed by atoms with Crippen molar-refractivity contribution in [3.05, 3.63) is 76.6 Å². The third-order valence-corrected chi connectivity index (χ3v) is 6.20. The molecule has 0 N–H and O–H groups in total. The molecule has 5 rings (SSSR count). The van der Waals surface area contributed by atoms with Crippen LogP contribution < -0.4 is 10.5 Å². The van der Waals surface area contributed by atoms with Crippen LogP contribution >= 0.6 is 0 Å². The topological polar surface area (TPSA) is 84.5 Å². The first-order chi connectivity index (χ1) is 16.4. The van der Waals surface area contributed by atoms with Crippen molar-refractivity contribution in [1.82, 2.24) is 19.6 Å². The van der Waals surface area contributed by atoms with Gasteiger partial charge in [0.1, 0.15) is 29.8 Å². The Hall–Kier alpha value is -4.01. The maximum Gasteiger partial charge on any atom is 0.267 e. The highest BCUT2D eigenvalue weighted by molar-refractivity contribution is 5.88. The van der Waals surface area contributed by atoms with Gasteiger partial charge in [-0.05, 0) is 55.8 Å². The van der Waals surface area contributed by atoms with Crippen LogP contribution in [0.25, 0.3) is 22.4 Å².